The van der Waals surface area contributed by atoms with Crippen LogP contribution in [0.1, 0.15) is 26.2 Å². The van der Waals surface area contributed by atoms with Gasteiger partial charge in [-0.1, -0.05) is 31.5 Å². The van der Waals surface area contributed by atoms with Crippen LogP contribution < -0.4 is 0 Å². The van der Waals surface area contributed by atoms with Gasteiger partial charge in [-0.15, -0.1) is 0 Å². The molecule has 1 heterocycles. The summed E-state index contributed by atoms with van der Waals surface area (Å²) < 4.78 is 16.0. The Kier molecular flexibility index (Phi) is 5.82. The molecule has 1 fully saturated rings. The van der Waals surface area contributed by atoms with E-state index in [4.69, 9.17) is 12.3 Å². The molecule has 3 nitrogen and oxygen atoms in total. The van der Waals surface area contributed by atoms with E-state index < -0.39 is 29.3 Å². The molecule has 1 aliphatic heterocycles. The molecule has 0 aromatic carbocycles. The lowest BCUT2D eigenvalue weighted by molar-refractivity contribution is 0.332. The molecular weight excluding hydrogens is 204 g/mol. The Balaban J connectivity index is 2.07. The van der Waals surface area contributed by atoms with Crippen LogP contribution in [0.5, 0.6) is 0 Å². The fourth-order valence-electron chi connectivity index (χ4n) is 0.953. The highest BCUT2D eigenvalue weighted by Crippen LogP contribution is 1.99. The first-order valence-corrected chi connectivity index (χ1v) is 8.33. The zero-order chi connectivity index (χ0) is 8.65. The fourth-order valence-corrected chi connectivity index (χ4v) is 7.35. The second-order valence-electron chi connectivity index (χ2n) is 2.71. The van der Waals surface area contributed by atoms with Gasteiger partial charge in [0.25, 0.3) is 20.0 Å². The minimum absolute atomic E-state index is 0.631. The lowest BCUT2D eigenvalue weighted by Gasteiger charge is -2.19. The third-order valence-corrected chi connectivity index (χ3v) is 7.29. The number of hydrogen-bond acceptors (Lipinski definition) is 3. The van der Waals surface area contributed by atoms with E-state index in [1.807, 2.05) is 0 Å². The molecule has 1 aliphatic rings. The molecule has 12 heavy (non-hydrogen) atoms. The number of rotatable bonds is 4. The Labute approximate surface area is 80.1 Å². The maximum atomic E-state index is 5.44. The summed E-state index contributed by atoms with van der Waals surface area (Å²) >= 11 is 0. The molecule has 1 rings (SSSR count). The van der Waals surface area contributed by atoms with Crippen molar-refractivity contribution in [1.82, 2.24) is 0 Å². The third kappa shape index (κ3) is 4.33. The SMILES string of the molecule is CCCCC=C[SiH]1O[SiH2]O[SiH2]O1. The molecule has 0 bridgehead atoms. The highest BCUT2D eigenvalue weighted by molar-refractivity contribution is 6.64. The Morgan fingerprint density at radius 3 is 2.75 bits per heavy atom. The summed E-state index contributed by atoms with van der Waals surface area (Å²) in [4.78, 5) is 0. The van der Waals surface area contributed by atoms with Gasteiger partial charge in [-0.05, 0) is 6.42 Å². The van der Waals surface area contributed by atoms with Crippen molar-refractivity contribution >= 4 is 29.3 Å². The van der Waals surface area contributed by atoms with E-state index in [1.165, 1.54) is 12.8 Å². The molecule has 0 unspecified atom stereocenters. The van der Waals surface area contributed by atoms with Crippen LogP contribution in [0.2, 0.25) is 0 Å². The normalized spacial score (nSPS) is 28.9. The highest BCUT2D eigenvalue weighted by atomic mass is 28.4. The van der Waals surface area contributed by atoms with E-state index in [-0.39, 0.29) is 0 Å². The standard InChI is InChI=1S/C6H16O3Si3/c1-2-3-4-5-6-12-8-10-7-11-9-12/h5-6,12H,2-4,10-11H2,1H3. The molecule has 1 saturated heterocycles. The van der Waals surface area contributed by atoms with Crippen LogP contribution in [0, 0.1) is 0 Å². The third-order valence-electron chi connectivity index (χ3n) is 1.65. The van der Waals surface area contributed by atoms with Crippen molar-refractivity contribution in [3.05, 3.63) is 11.8 Å². The molecular formula is C6H16O3Si3. The number of hydrogen-bond donors (Lipinski definition) is 0. The van der Waals surface area contributed by atoms with Crippen LogP contribution in [0.4, 0.5) is 0 Å². The van der Waals surface area contributed by atoms with E-state index in [9.17, 15) is 0 Å². The minimum atomic E-state index is -1.35. The monoisotopic (exact) mass is 220 g/mol. The first kappa shape index (κ1) is 10.4. The van der Waals surface area contributed by atoms with Crippen molar-refractivity contribution in [2.75, 3.05) is 0 Å². The number of allylic oxidation sites excluding steroid dienone is 1. The van der Waals surface area contributed by atoms with E-state index in [0.717, 1.165) is 6.42 Å². The molecule has 0 atom stereocenters. The van der Waals surface area contributed by atoms with Gasteiger partial charge < -0.3 is 12.3 Å². The van der Waals surface area contributed by atoms with Crippen molar-refractivity contribution in [3.8, 4) is 0 Å². The molecule has 0 aromatic heterocycles. The first-order valence-electron chi connectivity index (χ1n) is 4.41. The Morgan fingerprint density at radius 1 is 1.33 bits per heavy atom. The van der Waals surface area contributed by atoms with Gasteiger partial charge in [0.2, 0.25) is 0 Å². The molecule has 0 aromatic rings. The van der Waals surface area contributed by atoms with Crippen LogP contribution in [0.15, 0.2) is 11.8 Å². The lowest BCUT2D eigenvalue weighted by atomic mass is 10.2. The Hall–Kier alpha value is 0.271. The van der Waals surface area contributed by atoms with Crippen molar-refractivity contribution in [2.24, 2.45) is 0 Å². The second-order valence-corrected chi connectivity index (χ2v) is 8.60. The molecule has 0 N–H and O–H groups in total. The van der Waals surface area contributed by atoms with E-state index in [1.54, 1.807) is 0 Å². The highest BCUT2D eigenvalue weighted by Gasteiger charge is 2.13. The van der Waals surface area contributed by atoms with E-state index >= 15 is 0 Å². The zero-order valence-corrected chi connectivity index (χ0v) is 11.5. The first-order chi connectivity index (χ1) is 5.93. The topological polar surface area (TPSA) is 27.7 Å². The summed E-state index contributed by atoms with van der Waals surface area (Å²) in [6.45, 7) is 2.20. The molecule has 0 radical (unpaired) electrons. The zero-order valence-electron chi connectivity index (χ0n) is 7.49. The molecule has 0 aliphatic carbocycles. The van der Waals surface area contributed by atoms with Crippen molar-refractivity contribution in [1.29, 1.82) is 0 Å². The van der Waals surface area contributed by atoms with Gasteiger partial charge in [0, 0.05) is 0 Å². The van der Waals surface area contributed by atoms with Crippen LogP contribution in [0.3, 0.4) is 0 Å². The van der Waals surface area contributed by atoms with Gasteiger partial charge in [0.15, 0.2) is 0 Å². The summed E-state index contributed by atoms with van der Waals surface area (Å²) in [5.74, 6) is 0. The van der Waals surface area contributed by atoms with Crippen molar-refractivity contribution in [3.63, 3.8) is 0 Å². The van der Waals surface area contributed by atoms with E-state index in [0.29, 0.717) is 0 Å². The van der Waals surface area contributed by atoms with Gasteiger partial charge in [-0.25, -0.2) is 0 Å². The second kappa shape index (κ2) is 6.75. The van der Waals surface area contributed by atoms with Gasteiger partial charge in [-0.3, -0.25) is 0 Å². The fraction of sp³-hybridized carbons (Fsp3) is 0.667. The molecule has 0 saturated carbocycles. The summed E-state index contributed by atoms with van der Waals surface area (Å²) in [6, 6.07) is 0. The summed E-state index contributed by atoms with van der Waals surface area (Å²) in [7, 11) is -2.61. The predicted molar refractivity (Wildman–Crippen MR) is 56.2 cm³/mol. The Bertz CT molecular complexity index is 136. The van der Waals surface area contributed by atoms with Crippen LogP contribution in [-0.4, -0.2) is 29.3 Å². The average molecular weight is 220 g/mol. The molecule has 6 heteroatoms. The van der Waals surface area contributed by atoms with E-state index in [2.05, 4.69) is 18.7 Å². The summed E-state index contributed by atoms with van der Waals surface area (Å²) in [5, 5.41) is 0. The number of unbranched alkanes of at least 4 members (excludes halogenated alkanes) is 2. The van der Waals surface area contributed by atoms with Crippen LogP contribution in [-0.2, 0) is 12.3 Å². The van der Waals surface area contributed by atoms with Gasteiger partial charge in [0.05, 0.1) is 0 Å². The van der Waals surface area contributed by atoms with Crippen molar-refractivity contribution in [2.45, 2.75) is 26.2 Å². The maximum absolute atomic E-state index is 5.44. The van der Waals surface area contributed by atoms with Gasteiger partial charge >= 0.3 is 9.28 Å². The maximum Gasteiger partial charge on any atom is 0.329 e. The predicted octanol–water partition coefficient (Wildman–Crippen LogP) is -0.447. The smallest absolute Gasteiger partial charge is 0.329 e. The summed E-state index contributed by atoms with van der Waals surface area (Å²) in [6.07, 6.45) is 5.89. The lowest BCUT2D eigenvalue weighted by Crippen LogP contribution is -2.33. The Morgan fingerprint density at radius 2 is 2.08 bits per heavy atom. The molecule has 0 spiro atoms. The van der Waals surface area contributed by atoms with Crippen molar-refractivity contribution < 1.29 is 12.3 Å². The van der Waals surface area contributed by atoms with Crippen LogP contribution in [0.25, 0.3) is 0 Å². The molecule has 0 amide bonds. The minimum Gasteiger partial charge on any atom is -0.425 e. The van der Waals surface area contributed by atoms with Gasteiger partial charge in [0.1, 0.15) is 0 Å². The van der Waals surface area contributed by atoms with Crippen LogP contribution >= 0.6 is 0 Å². The average Bonchev–Trinajstić information content (AvgIpc) is 2.14. The quantitative estimate of drug-likeness (QED) is 0.475. The molecule has 70 valence electrons. The summed E-state index contributed by atoms with van der Waals surface area (Å²) in [5.41, 5.74) is 2.15. The van der Waals surface area contributed by atoms with Gasteiger partial charge in [-0.2, -0.15) is 0 Å². The largest absolute Gasteiger partial charge is 0.425 e.